The van der Waals surface area contributed by atoms with Crippen LogP contribution in [0, 0.1) is 6.92 Å². The van der Waals surface area contributed by atoms with Crippen molar-refractivity contribution in [1.82, 2.24) is 4.90 Å². The molecule has 0 bridgehead atoms. The Bertz CT molecular complexity index is 606. The summed E-state index contributed by atoms with van der Waals surface area (Å²) in [5, 5.41) is 2.27. The van der Waals surface area contributed by atoms with E-state index in [0.717, 1.165) is 42.3 Å². The number of rotatable bonds is 1. The van der Waals surface area contributed by atoms with E-state index < -0.39 is 0 Å². The lowest BCUT2D eigenvalue weighted by molar-refractivity contribution is 0.0726. The second-order valence-corrected chi connectivity index (χ2v) is 5.33. The van der Waals surface area contributed by atoms with Crippen LogP contribution in [0.1, 0.15) is 35.2 Å². The minimum atomic E-state index is 0.194. The van der Waals surface area contributed by atoms with Gasteiger partial charge in [-0.15, -0.1) is 0 Å². The molecule has 2 nitrogen and oxygen atoms in total. The standard InChI is InChI=1S/C17H19NO/c1-13-7-5-8-14-9-6-10-15(16(13)14)17(19)18-11-3-2-4-12-18/h5-10H,2-4,11-12H2,1H3. The number of fused-ring (bicyclic) bond motifs is 1. The molecule has 0 aliphatic carbocycles. The van der Waals surface area contributed by atoms with Crippen LogP contribution in [0.4, 0.5) is 0 Å². The maximum absolute atomic E-state index is 12.7. The first-order valence-electron chi connectivity index (χ1n) is 7.05. The van der Waals surface area contributed by atoms with Crippen molar-refractivity contribution in [3.63, 3.8) is 0 Å². The van der Waals surface area contributed by atoms with Crippen molar-refractivity contribution in [2.45, 2.75) is 26.2 Å². The zero-order chi connectivity index (χ0) is 13.2. The van der Waals surface area contributed by atoms with E-state index in [1.807, 2.05) is 23.1 Å². The summed E-state index contributed by atoms with van der Waals surface area (Å²) >= 11 is 0. The van der Waals surface area contributed by atoms with E-state index in [4.69, 9.17) is 0 Å². The van der Waals surface area contributed by atoms with Gasteiger partial charge in [0.1, 0.15) is 0 Å². The summed E-state index contributed by atoms with van der Waals surface area (Å²) in [5.74, 6) is 0.194. The highest BCUT2D eigenvalue weighted by Crippen LogP contribution is 2.24. The normalized spacial score (nSPS) is 15.7. The number of nitrogens with zero attached hydrogens (tertiary/aromatic N) is 1. The van der Waals surface area contributed by atoms with E-state index >= 15 is 0 Å². The zero-order valence-electron chi connectivity index (χ0n) is 11.4. The topological polar surface area (TPSA) is 20.3 Å². The highest BCUT2D eigenvalue weighted by molar-refractivity contribution is 6.08. The first kappa shape index (κ1) is 12.2. The largest absolute Gasteiger partial charge is 0.339 e. The molecular formula is C17H19NO. The number of amides is 1. The minimum absolute atomic E-state index is 0.194. The average molecular weight is 253 g/mol. The van der Waals surface area contributed by atoms with Crippen LogP contribution in [0.15, 0.2) is 36.4 Å². The summed E-state index contributed by atoms with van der Waals surface area (Å²) in [5.41, 5.74) is 2.04. The first-order valence-corrected chi connectivity index (χ1v) is 7.05. The van der Waals surface area contributed by atoms with Crippen LogP contribution in [0.2, 0.25) is 0 Å². The number of aryl methyl sites for hydroxylation is 1. The summed E-state index contributed by atoms with van der Waals surface area (Å²) in [4.78, 5) is 14.7. The third kappa shape index (κ3) is 2.23. The molecule has 1 aliphatic heterocycles. The SMILES string of the molecule is Cc1cccc2cccc(C(=O)N3CCCCC3)c12. The first-order chi connectivity index (χ1) is 9.27. The van der Waals surface area contributed by atoms with Gasteiger partial charge < -0.3 is 4.90 Å². The molecule has 1 amide bonds. The number of carbonyl (C=O) groups excluding carboxylic acids is 1. The van der Waals surface area contributed by atoms with Gasteiger partial charge in [0, 0.05) is 18.7 Å². The Balaban J connectivity index is 2.06. The Morgan fingerprint density at radius 3 is 2.42 bits per heavy atom. The fourth-order valence-corrected chi connectivity index (χ4v) is 2.97. The van der Waals surface area contributed by atoms with Crippen molar-refractivity contribution in [2.75, 3.05) is 13.1 Å². The quantitative estimate of drug-likeness (QED) is 0.757. The molecule has 1 heterocycles. The lowest BCUT2D eigenvalue weighted by Crippen LogP contribution is -2.35. The molecule has 0 aromatic heterocycles. The third-order valence-electron chi connectivity index (χ3n) is 3.99. The number of benzene rings is 2. The van der Waals surface area contributed by atoms with Crippen molar-refractivity contribution < 1.29 is 4.79 Å². The predicted molar refractivity (Wildman–Crippen MR) is 78.4 cm³/mol. The van der Waals surface area contributed by atoms with Gasteiger partial charge in [-0.1, -0.05) is 30.3 Å². The smallest absolute Gasteiger partial charge is 0.254 e. The zero-order valence-corrected chi connectivity index (χ0v) is 11.4. The number of carbonyl (C=O) groups is 1. The fraction of sp³-hybridized carbons (Fsp3) is 0.353. The van der Waals surface area contributed by atoms with Gasteiger partial charge >= 0.3 is 0 Å². The van der Waals surface area contributed by atoms with Gasteiger partial charge in [0.15, 0.2) is 0 Å². The predicted octanol–water partition coefficient (Wildman–Crippen LogP) is 3.77. The molecule has 1 saturated heterocycles. The Kier molecular flexibility index (Phi) is 3.24. The van der Waals surface area contributed by atoms with Crippen LogP contribution in [0.5, 0.6) is 0 Å². The summed E-state index contributed by atoms with van der Waals surface area (Å²) < 4.78 is 0. The van der Waals surface area contributed by atoms with Crippen LogP contribution in [0.25, 0.3) is 10.8 Å². The van der Waals surface area contributed by atoms with E-state index in [0.29, 0.717) is 0 Å². The fourth-order valence-electron chi connectivity index (χ4n) is 2.97. The molecule has 2 aromatic carbocycles. The Hall–Kier alpha value is -1.83. The second-order valence-electron chi connectivity index (χ2n) is 5.33. The van der Waals surface area contributed by atoms with Gasteiger partial charge in [0.05, 0.1) is 0 Å². The van der Waals surface area contributed by atoms with E-state index in [1.165, 1.54) is 12.0 Å². The maximum atomic E-state index is 12.7. The van der Waals surface area contributed by atoms with Crippen LogP contribution in [-0.2, 0) is 0 Å². The van der Waals surface area contributed by atoms with Crippen LogP contribution >= 0.6 is 0 Å². The molecule has 0 saturated carbocycles. The number of hydrogen-bond acceptors (Lipinski definition) is 1. The molecule has 1 fully saturated rings. The Labute approximate surface area is 114 Å². The van der Waals surface area contributed by atoms with Crippen LogP contribution < -0.4 is 0 Å². The van der Waals surface area contributed by atoms with Gasteiger partial charge in [0.25, 0.3) is 5.91 Å². The van der Waals surface area contributed by atoms with Gasteiger partial charge in [-0.05, 0) is 48.6 Å². The second kappa shape index (κ2) is 5.04. The molecule has 19 heavy (non-hydrogen) atoms. The molecular weight excluding hydrogens is 234 g/mol. The molecule has 2 aromatic rings. The number of likely N-dealkylation sites (tertiary alicyclic amines) is 1. The molecule has 0 spiro atoms. The van der Waals surface area contributed by atoms with E-state index in [1.54, 1.807) is 0 Å². The van der Waals surface area contributed by atoms with Crippen molar-refractivity contribution in [3.05, 3.63) is 47.5 Å². The van der Waals surface area contributed by atoms with Gasteiger partial charge in [0.2, 0.25) is 0 Å². The third-order valence-corrected chi connectivity index (χ3v) is 3.99. The van der Waals surface area contributed by atoms with Crippen molar-refractivity contribution in [3.8, 4) is 0 Å². The average Bonchev–Trinajstić information content (AvgIpc) is 2.47. The number of hydrogen-bond donors (Lipinski definition) is 0. The number of piperidine rings is 1. The minimum Gasteiger partial charge on any atom is -0.339 e. The van der Waals surface area contributed by atoms with Crippen LogP contribution in [0.3, 0.4) is 0 Å². The summed E-state index contributed by atoms with van der Waals surface area (Å²) in [6, 6.07) is 12.2. The molecule has 0 radical (unpaired) electrons. The molecule has 1 aliphatic rings. The Morgan fingerprint density at radius 2 is 1.68 bits per heavy atom. The van der Waals surface area contributed by atoms with Crippen molar-refractivity contribution >= 4 is 16.7 Å². The monoisotopic (exact) mass is 253 g/mol. The molecule has 0 atom stereocenters. The van der Waals surface area contributed by atoms with Crippen LogP contribution in [-0.4, -0.2) is 23.9 Å². The molecule has 0 unspecified atom stereocenters. The highest BCUT2D eigenvalue weighted by Gasteiger charge is 2.20. The maximum Gasteiger partial charge on any atom is 0.254 e. The van der Waals surface area contributed by atoms with Crippen molar-refractivity contribution in [2.24, 2.45) is 0 Å². The van der Waals surface area contributed by atoms with E-state index in [-0.39, 0.29) is 5.91 Å². The van der Waals surface area contributed by atoms with E-state index in [9.17, 15) is 4.79 Å². The summed E-state index contributed by atoms with van der Waals surface area (Å²) in [6.45, 7) is 3.89. The Morgan fingerprint density at radius 1 is 1.00 bits per heavy atom. The summed E-state index contributed by atoms with van der Waals surface area (Å²) in [7, 11) is 0. The van der Waals surface area contributed by atoms with Gasteiger partial charge in [-0.25, -0.2) is 0 Å². The highest BCUT2D eigenvalue weighted by atomic mass is 16.2. The molecule has 0 N–H and O–H groups in total. The molecule has 2 heteroatoms. The lowest BCUT2D eigenvalue weighted by atomic mass is 9.98. The summed E-state index contributed by atoms with van der Waals surface area (Å²) in [6.07, 6.45) is 3.52. The molecule has 98 valence electrons. The van der Waals surface area contributed by atoms with Gasteiger partial charge in [-0.3, -0.25) is 4.79 Å². The van der Waals surface area contributed by atoms with Gasteiger partial charge in [-0.2, -0.15) is 0 Å². The molecule has 3 rings (SSSR count). The lowest BCUT2D eigenvalue weighted by Gasteiger charge is -2.27. The van der Waals surface area contributed by atoms with Crippen molar-refractivity contribution in [1.29, 1.82) is 0 Å². The van der Waals surface area contributed by atoms with E-state index in [2.05, 4.69) is 25.1 Å².